The number of phenols is 1. The molecule has 1 aliphatic heterocycles. The SMILES string of the molecule is Cc1nc2cnccc2n1CC1CCN(C(=O)/C=C(\c2ccccc2)c2ccc(N=Nc3ccc(O)c(C(=O)O)c3)cc2)CC1. The standard InChI is InChI=1S/C35H32N6O4/c1-23-37-31-21-36-16-13-32(31)41(23)22-24-14-17-40(18-15-24)34(43)20-29(25-5-3-2-4-6-25)26-7-9-27(10-8-26)38-39-28-11-12-33(42)30(19-28)35(44)45/h2-13,16,19-21,24,42H,14-15,17-18,22H2,1H3,(H,44,45)/b29-20+,39-38?. The molecule has 3 aromatic carbocycles. The molecule has 2 N–H and O–H groups in total. The van der Waals surface area contributed by atoms with Crippen molar-refractivity contribution in [3.05, 3.63) is 120 Å². The number of amides is 1. The molecule has 1 amide bonds. The number of aromatic hydroxyl groups is 1. The average Bonchev–Trinajstić information content (AvgIpc) is 3.38. The molecule has 1 aliphatic rings. The van der Waals surface area contributed by atoms with Crippen molar-refractivity contribution in [3.8, 4) is 5.75 Å². The van der Waals surface area contributed by atoms with Gasteiger partial charge in [0.1, 0.15) is 22.7 Å². The van der Waals surface area contributed by atoms with Crippen LogP contribution in [0.5, 0.6) is 5.75 Å². The maximum atomic E-state index is 13.6. The van der Waals surface area contributed by atoms with Gasteiger partial charge in [-0.05, 0) is 78.8 Å². The molecule has 0 spiro atoms. The first-order chi connectivity index (χ1) is 21.9. The molecule has 0 aliphatic carbocycles. The van der Waals surface area contributed by atoms with Crippen molar-refractivity contribution < 1.29 is 19.8 Å². The van der Waals surface area contributed by atoms with Crippen LogP contribution in [0.1, 0.15) is 40.2 Å². The van der Waals surface area contributed by atoms with Crippen molar-refractivity contribution in [2.75, 3.05) is 13.1 Å². The van der Waals surface area contributed by atoms with E-state index in [0.29, 0.717) is 30.4 Å². The number of hydrogen-bond acceptors (Lipinski definition) is 7. The number of piperidine rings is 1. The largest absolute Gasteiger partial charge is 0.507 e. The van der Waals surface area contributed by atoms with Crippen LogP contribution in [-0.2, 0) is 11.3 Å². The number of imidazole rings is 1. The van der Waals surface area contributed by atoms with Crippen LogP contribution in [0.4, 0.5) is 11.4 Å². The van der Waals surface area contributed by atoms with E-state index in [1.54, 1.807) is 30.6 Å². The predicted molar refractivity (Wildman–Crippen MR) is 171 cm³/mol. The zero-order valence-corrected chi connectivity index (χ0v) is 24.7. The smallest absolute Gasteiger partial charge is 0.339 e. The minimum atomic E-state index is -1.25. The Labute approximate surface area is 260 Å². The fourth-order valence-electron chi connectivity index (χ4n) is 5.67. The molecule has 5 aromatic rings. The third-order valence-corrected chi connectivity index (χ3v) is 8.13. The average molecular weight is 601 g/mol. The topological polar surface area (TPSA) is 133 Å². The van der Waals surface area contributed by atoms with Crippen LogP contribution in [0.25, 0.3) is 16.6 Å². The molecule has 45 heavy (non-hydrogen) atoms. The Bertz CT molecular complexity index is 1910. The molecule has 226 valence electrons. The highest BCUT2D eigenvalue weighted by molar-refractivity contribution is 5.99. The molecule has 6 rings (SSSR count). The molecule has 10 heteroatoms. The van der Waals surface area contributed by atoms with Gasteiger partial charge in [-0.1, -0.05) is 42.5 Å². The number of carboxylic acids is 1. The molecule has 2 aromatic heterocycles. The van der Waals surface area contributed by atoms with Crippen LogP contribution in [-0.4, -0.2) is 54.6 Å². The molecular weight excluding hydrogens is 568 g/mol. The van der Waals surface area contributed by atoms with Crippen LogP contribution >= 0.6 is 0 Å². The number of azo groups is 1. The van der Waals surface area contributed by atoms with E-state index in [4.69, 9.17) is 0 Å². The van der Waals surface area contributed by atoms with Gasteiger partial charge in [-0.25, -0.2) is 9.78 Å². The highest BCUT2D eigenvalue weighted by atomic mass is 16.4. The van der Waals surface area contributed by atoms with Gasteiger partial charge in [0.05, 0.1) is 23.1 Å². The summed E-state index contributed by atoms with van der Waals surface area (Å²) in [5.41, 5.74) is 5.22. The van der Waals surface area contributed by atoms with Gasteiger partial charge in [-0.3, -0.25) is 9.78 Å². The summed E-state index contributed by atoms with van der Waals surface area (Å²) in [5.74, 6) is -0.166. The second-order valence-electron chi connectivity index (χ2n) is 11.1. The van der Waals surface area contributed by atoms with E-state index in [0.717, 1.165) is 52.9 Å². The van der Waals surface area contributed by atoms with Gasteiger partial charge in [0.25, 0.3) is 0 Å². The molecule has 0 radical (unpaired) electrons. The number of carbonyl (C=O) groups is 2. The van der Waals surface area contributed by atoms with Crippen LogP contribution in [0, 0.1) is 12.8 Å². The summed E-state index contributed by atoms with van der Waals surface area (Å²) >= 11 is 0. The molecular formula is C35H32N6O4. The summed E-state index contributed by atoms with van der Waals surface area (Å²) in [5, 5.41) is 27.3. The number of fused-ring (bicyclic) bond motifs is 1. The zero-order valence-electron chi connectivity index (χ0n) is 24.7. The first kappa shape index (κ1) is 29.4. The van der Waals surface area contributed by atoms with Gasteiger partial charge in [-0.2, -0.15) is 10.2 Å². The highest BCUT2D eigenvalue weighted by Crippen LogP contribution is 2.29. The van der Waals surface area contributed by atoms with Gasteiger partial charge in [0.2, 0.25) is 5.91 Å². The predicted octanol–water partition coefficient (Wildman–Crippen LogP) is 6.93. The van der Waals surface area contributed by atoms with Crippen LogP contribution in [0.3, 0.4) is 0 Å². The minimum absolute atomic E-state index is 0.0204. The summed E-state index contributed by atoms with van der Waals surface area (Å²) in [6.45, 7) is 4.28. The van der Waals surface area contributed by atoms with Crippen molar-refractivity contribution in [3.63, 3.8) is 0 Å². The van der Waals surface area contributed by atoms with Crippen molar-refractivity contribution in [2.24, 2.45) is 16.1 Å². The molecule has 10 nitrogen and oxygen atoms in total. The Hall–Kier alpha value is -5.64. The van der Waals surface area contributed by atoms with Crippen molar-refractivity contribution in [1.82, 2.24) is 19.4 Å². The Morgan fingerprint density at radius 2 is 1.62 bits per heavy atom. The lowest BCUT2D eigenvalue weighted by Crippen LogP contribution is -2.38. The van der Waals surface area contributed by atoms with E-state index < -0.39 is 5.97 Å². The fourth-order valence-corrected chi connectivity index (χ4v) is 5.67. The van der Waals surface area contributed by atoms with Crippen molar-refractivity contribution in [1.29, 1.82) is 0 Å². The Morgan fingerprint density at radius 1 is 0.933 bits per heavy atom. The third kappa shape index (κ3) is 6.65. The van der Waals surface area contributed by atoms with E-state index in [1.807, 2.05) is 60.4 Å². The molecule has 3 heterocycles. The van der Waals surface area contributed by atoms with Gasteiger partial charge in [0, 0.05) is 31.9 Å². The van der Waals surface area contributed by atoms with Gasteiger partial charge in [-0.15, -0.1) is 0 Å². The van der Waals surface area contributed by atoms with Crippen LogP contribution < -0.4 is 0 Å². The lowest BCUT2D eigenvalue weighted by Gasteiger charge is -2.32. The summed E-state index contributed by atoms with van der Waals surface area (Å²) < 4.78 is 2.26. The maximum Gasteiger partial charge on any atom is 0.339 e. The number of aryl methyl sites for hydroxylation is 1. The summed E-state index contributed by atoms with van der Waals surface area (Å²) in [6.07, 6.45) is 7.14. The quantitative estimate of drug-likeness (QED) is 0.147. The molecule has 0 saturated carbocycles. The van der Waals surface area contributed by atoms with Crippen LogP contribution in [0.15, 0.2) is 108 Å². The maximum absolute atomic E-state index is 13.6. The Kier molecular flexibility index (Phi) is 8.45. The van der Waals surface area contributed by atoms with Gasteiger partial charge >= 0.3 is 5.97 Å². The lowest BCUT2D eigenvalue weighted by atomic mass is 9.95. The van der Waals surface area contributed by atoms with E-state index in [9.17, 15) is 19.8 Å². The fraction of sp³-hybridized carbons (Fsp3) is 0.200. The third-order valence-electron chi connectivity index (χ3n) is 8.13. The van der Waals surface area contributed by atoms with E-state index >= 15 is 0 Å². The second kappa shape index (κ2) is 12.9. The second-order valence-corrected chi connectivity index (χ2v) is 11.1. The number of pyridine rings is 1. The molecule has 0 bridgehead atoms. The number of nitrogens with zero attached hydrogens (tertiary/aromatic N) is 6. The Balaban J connectivity index is 1.16. The first-order valence-electron chi connectivity index (χ1n) is 14.8. The number of carbonyl (C=O) groups excluding carboxylic acids is 1. The number of rotatable bonds is 8. The van der Waals surface area contributed by atoms with Crippen LogP contribution in [0.2, 0.25) is 0 Å². The monoisotopic (exact) mass is 600 g/mol. The minimum Gasteiger partial charge on any atom is -0.507 e. The van der Waals surface area contributed by atoms with Gasteiger partial charge in [0.15, 0.2) is 0 Å². The van der Waals surface area contributed by atoms with E-state index in [1.165, 1.54) is 18.2 Å². The van der Waals surface area contributed by atoms with E-state index in [-0.39, 0.29) is 17.2 Å². The number of likely N-dealkylation sites (tertiary alicyclic amines) is 1. The molecule has 1 saturated heterocycles. The molecule has 0 unspecified atom stereocenters. The Morgan fingerprint density at radius 3 is 2.36 bits per heavy atom. The number of aromatic nitrogens is 3. The van der Waals surface area contributed by atoms with Crippen molar-refractivity contribution >= 4 is 39.9 Å². The number of carboxylic acid groups (broad SMARTS) is 1. The van der Waals surface area contributed by atoms with Crippen molar-refractivity contribution in [2.45, 2.75) is 26.3 Å². The summed E-state index contributed by atoms with van der Waals surface area (Å²) in [4.78, 5) is 35.6. The summed E-state index contributed by atoms with van der Waals surface area (Å²) in [7, 11) is 0. The zero-order chi connectivity index (χ0) is 31.3. The number of benzene rings is 3. The normalized spacial score (nSPS) is 14.3. The first-order valence-corrected chi connectivity index (χ1v) is 14.8. The molecule has 0 atom stereocenters. The number of hydrogen-bond donors (Lipinski definition) is 2. The molecule has 1 fully saturated rings. The van der Waals surface area contributed by atoms with Gasteiger partial charge < -0.3 is 19.7 Å². The van der Waals surface area contributed by atoms with E-state index in [2.05, 4.69) is 24.8 Å². The number of aromatic carboxylic acids is 1. The highest BCUT2D eigenvalue weighted by Gasteiger charge is 2.24. The summed E-state index contributed by atoms with van der Waals surface area (Å²) in [6, 6.07) is 23.2. The lowest BCUT2D eigenvalue weighted by molar-refractivity contribution is -0.127.